The number of hydrogen-bond acceptors (Lipinski definition) is 7. The van der Waals surface area contributed by atoms with Crippen LogP contribution in [0, 0.1) is 0 Å². The summed E-state index contributed by atoms with van der Waals surface area (Å²) in [5, 5.41) is 34.8. The van der Waals surface area contributed by atoms with Crippen LogP contribution in [0.3, 0.4) is 0 Å². The van der Waals surface area contributed by atoms with Gasteiger partial charge in [0.1, 0.15) is 5.70 Å². The molecule has 188 valence electrons. The van der Waals surface area contributed by atoms with Crippen LogP contribution in [0.25, 0.3) is 22.4 Å². The van der Waals surface area contributed by atoms with Gasteiger partial charge in [0, 0.05) is 23.0 Å². The third-order valence-electron chi connectivity index (χ3n) is 5.90. The first kappa shape index (κ1) is 24.6. The average molecular weight is 535 g/mol. The van der Waals surface area contributed by atoms with E-state index in [2.05, 4.69) is 10.4 Å². The summed E-state index contributed by atoms with van der Waals surface area (Å²) in [6.45, 7) is 0. The van der Waals surface area contributed by atoms with E-state index in [1.807, 2.05) is 54.6 Å². The van der Waals surface area contributed by atoms with Crippen molar-refractivity contribution in [2.24, 2.45) is 5.14 Å². The number of primary sulfonamides is 1. The molecular weight excluding hydrogens is 512 g/mol. The highest BCUT2D eigenvalue weighted by Gasteiger charge is 2.29. The van der Waals surface area contributed by atoms with Crippen LogP contribution in [-0.4, -0.2) is 34.4 Å². The number of nitrogens with one attached hydrogen (secondary N) is 1. The van der Waals surface area contributed by atoms with E-state index in [1.165, 1.54) is 34.0 Å². The van der Waals surface area contributed by atoms with E-state index in [0.717, 1.165) is 22.3 Å². The lowest BCUT2D eigenvalue weighted by atomic mass is 9.98. The van der Waals surface area contributed by atoms with Crippen molar-refractivity contribution in [1.29, 1.82) is 0 Å². The van der Waals surface area contributed by atoms with Gasteiger partial charge in [-0.2, -0.15) is 9.78 Å². The summed E-state index contributed by atoms with van der Waals surface area (Å²) < 4.78 is 24.6. The number of aromatic nitrogens is 2. The van der Waals surface area contributed by atoms with E-state index >= 15 is 0 Å². The van der Waals surface area contributed by atoms with Crippen molar-refractivity contribution < 1.29 is 23.4 Å². The molecule has 5 rings (SSSR count). The number of carboxylic acid groups (broad SMARTS) is 1. The average Bonchev–Trinajstić information content (AvgIpc) is 3.50. The minimum Gasteiger partial charge on any atom is -0.493 e. The van der Waals surface area contributed by atoms with Gasteiger partial charge in [0.15, 0.2) is 5.50 Å². The predicted molar refractivity (Wildman–Crippen MR) is 141 cm³/mol. The smallest absolute Gasteiger partial charge is 0.352 e. The van der Waals surface area contributed by atoms with E-state index in [1.54, 1.807) is 12.1 Å². The van der Waals surface area contributed by atoms with Gasteiger partial charge in [-0.15, -0.1) is 0 Å². The molecule has 0 spiro atoms. The molecular formula is C26H22N4O5S2. The molecule has 37 heavy (non-hydrogen) atoms. The van der Waals surface area contributed by atoms with Crippen molar-refractivity contribution >= 4 is 27.8 Å². The largest absolute Gasteiger partial charge is 0.493 e. The normalized spacial score (nSPS) is 15.3. The highest BCUT2D eigenvalue weighted by Crippen LogP contribution is 2.39. The van der Waals surface area contributed by atoms with Gasteiger partial charge in [-0.05, 0) is 34.9 Å². The number of rotatable bonds is 7. The monoisotopic (exact) mass is 534 g/mol. The van der Waals surface area contributed by atoms with Gasteiger partial charge in [0.2, 0.25) is 15.9 Å². The third kappa shape index (κ3) is 5.10. The molecule has 11 heteroatoms. The van der Waals surface area contributed by atoms with Crippen LogP contribution in [0.15, 0.2) is 94.9 Å². The molecule has 0 saturated carbocycles. The predicted octanol–water partition coefficient (Wildman–Crippen LogP) is 3.88. The maximum Gasteiger partial charge on any atom is 0.352 e. The number of hydrogen-bond donors (Lipinski definition) is 4. The number of thioether (sulfide) groups is 1. The summed E-state index contributed by atoms with van der Waals surface area (Å²) in [6.07, 6.45) is 0.248. The quantitative estimate of drug-likeness (QED) is 0.279. The highest BCUT2D eigenvalue weighted by molar-refractivity contribution is 8.02. The minimum atomic E-state index is -3.83. The summed E-state index contributed by atoms with van der Waals surface area (Å²) in [7, 11) is -3.83. The summed E-state index contributed by atoms with van der Waals surface area (Å²) >= 11 is 1.18. The molecule has 0 radical (unpaired) electrons. The zero-order valence-electron chi connectivity index (χ0n) is 19.3. The van der Waals surface area contributed by atoms with Crippen LogP contribution >= 0.6 is 11.8 Å². The van der Waals surface area contributed by atoms with Gasteiger partial charge in [0.05, 0.1) is 10.6 Å². The molecule has 2 heterocycles. The number of carboxylic acids is 1. The number of benzene rings is 3. The fourth-order valence-electron chi connectivity index (χ4n) is 4.06. The second-order valence-electron chi connectivity index (χ2n) is 8.38. The molecule has 1 aliphatic heterocycles. The molecule has 0 fully saturated rings. The summed E-state index contributed by atoms with van der Waals surface area (Å²) in [5.74, 6) is -1.23. The Labute approximate surface area is 217 Å². The summed E-state index contributed by atoms with van der Waals surface area (Å²) in [6, 6.07) is 23.7. The molecule has 1 aliphatic rings. The number of nitrogens with zero attached hydrogens (tertiary/aromatic N) is 2. The second kappa shape index (κ2) is 9.77. The number of aromatic hydroxyl groups is 1. The van der Waals surface area contributed by atoms with Crippen molar-refractivity contribution in [3.05, 3.63) is 101 Å². The Morgan fingerprint density at radius 1 is 1.00 bits per heavy atom. The van der Waals surface area contributed by atoms with Crippen LogP contribution in [0.5, 0.6) is 5.88 Å². The zero-order chi connectivity index (χ0) is 26.2. The van der Waals surface area contributed by atoms with E-state index < -0.39 is 21.5 Å². The zero-order valence-corrected chi connectivity index (χ0v) is 20.9. The van der Waals surface area contributed by atoms with Crippen molar-refractivity contribution in [3.63, 3.8) is 0 Å². The molecule has 1 atom stereocenters. The van der Waals surface area contributed by atoms with E-state index in [9.17, 15) is 23.4 Å². The first-order valence-electron chi connectivity index (χ1n) is 11.1. The van der Waals surface area contributed by atoms with Crippen LogP contribution in [0.1, 0.15) is 16.6 Å². The van der Waals surface area contributed by atoms with Gasteiger partial charge in [-0.1, -0.05) is 72.4 Å². The highest BCUT2D eigenvalue weighted by atomic mass is 32.2. The first-order chi connectivity index (χ1) is 17.7. The molecule has 1 unspecified atom stereocenters. The molecule has 0 bridgehead atoms. The first-order valence-corrected chi connectivity index (χ1v) is 13.6. The molecule has 0 amide bonds. The molecule has 1 aromatic heterocycles. The van der Waals surface area contributed by atoms with E-state index in [4.69, 9.17) is 5.14 Å². The lowest BCUT2D eigenvalue weighted by Crippen LogP contribution is -2.23. The van der Waals surface area contributed by atoms with Gasteiger partial charge < -0.3 is 15.5 Å². The molecule has 5 N–H and O–H groups in total. The standard InChI is InChI=1S/C26H22N4O5S2/c27-37(34,35)20-11-9-16(10-12-20)13-21-23(19-8-4-7-18(14-19)17-5-2-1-3-6-17)29-30(24(21)31)26-28-22(15-36-26)25(32)33/h1-12,14-15,26,28,31H,13H2,(H,32,33)(H2,27,34,35). The van der Waals surface area contributed by atoms with Crippen molar-refractivity contribution in [2.45, 2.75) is 16.8 Å². The van der Waals surface area contributed by atoms with Gasteiger partial charge in [-0.25, -0.2) is 18.4 Å². The van der Waals surface area contributed by atoms with Gasteiger partial charge >= 0.3 is 5.97 Å². The Kier molecular flexibility index (Phi) is 6.50. The fourth-order valence-corrected chi connectivity index (χ4v) is 5.47. The Bertz CT molecular complexity index is 1610. The Morgan fingerprint density at radius 3 is 2.32 bits per heavy atom. The molecule has 0 saturated heterocycles. The fraction of sp³-hybridized carbons (Fsp3) is 0.0769. The number of carbonyl (C=O) groups is 1. The van der Waals surface area contributed by atoms with E-state index in [-0.39, 0.29) is 22.9 Å². The summed E-state index contributed by atoms with van der Waals surface area (Å²) in [5.41, 5.74) is 3.89. The topological polar surface area (TPSA) is 148 Å². The van der Waals surface area contributed by atoms with Crippen LogP contribution < -0.4 is 10.5 Å². The van der Waals surface area contributed by atoms with Crippen LogP contribution in [0.2, 0.25) is 0 Å². The maximum absolute atomic E-state index is 11.6. The molecule has 0 aliphatic carbocycles. The van der Waals surface area contributed by atoms with Crippen LogP contribution in [-0.2, 0) is 21.2 Å². The van der Waals surface area contributed by atoms with Crippen molar-refractivity contribution in [1.82, 2.24) is 15.1 Å². The lowest BCUT2D eigenvalue weighted by Gasteiger charge is -2.13. The van der Waals surface area contributed by atoms with Crippen LogP contribution in [0.4, 0.5) is 0 Å². The third-order valence-corrected chi connectivity index (χ3v) is 7.78. The van der Waals surface area contributed by atoms with Gasteiger partial charge in [0.25, 0.3) is 0 Å². The molecule has 9 nitrogen and oxygen atoms in total. The van der Waals surface area contributed by atoms with E-state index in [0.29, 0.717) is 11.3 Å². The van der Waals surface area contributed by atoms with Crippen molar-refractivity contribution in [2.75, 3.05) is 0 Å². The molecule has 3 aromatic carbocycles. The Morgan fingerprint density at radius 2 is 1.68 bits per heavy atom. The van der Waals surface area contributed by atoms with Crippen molar-refractivity contribution in [3.8, 4) is 28.3 Å². The Hall–Kier alpha value is -4.06. The number of aliphatic carboxylic acids is 1. The summed E-state index contributed by atoms with van der Waals surface area (Å²) in [4.78, 5) is 11.4. The Balaban J connectivity index is 1.57. The second-order valence-corrected chi connectivity index (χ2v) is 10.9. The maximum atomic E-state index is 11.6. The SMILES string of the molecule is NS(=O)(=O)c1ccc(Cc2c(-c3cccc(-c4ccccc4)c3)nn(C3NC(C(=O)O)=CS3)c2O)cc1. The minimum absolute atomic E-state index is 0.00853. The van der Waals surface area contributed by atoms with Gasteiger partial charge in [-0.3, -0.25) is 0 Å². The number of nitrogens with two attached hydrogens (primary N) is 1. The lowest BCUT2D eigenvalue weighted by molar-refractivity contribution is -0.133. The molecule has 4 aromatic rings. The number of sulfonamides is 1.